The first-order chi connectivity index (χ1) is 14.5. The van der Waals surface area contributed by atoms with E-state index in [0.717, 1.165) is 9.13 Å². The van der Waals surface area contributed by atoms with Crippen molar-refractivity contribution in [3.05, 3.63) is 104 Å². The van der Waals surface area contributed by atoms with Crippen LogP contribution < -0.4 is 4.74 Å². The van der Waals surface area contributed by atoms with E-state index < -0.39 is 5.97 Å². The zero-order valence-electron chi connectivity index (χ0n) is 15.4. The van der Waals surface area contributed by atoms with Gasteiger partial charge in [0.2, 0.25) is 5.90 Å². The normalized spacial score (nSPS) is 14.6. The van der Waals surface area contributed by atoms with E-state index in [0.29, 0.717) is 21.9 Å². The minimum atomic E-state index is -0.562. The van der Waals surface area contributed by atoms with Gasteiger partial charge >= 0.3 is 5.97 Å². The molecule has 0 saturated carbocycles. The van der Waals surface area contributed by atoms with Crippen molar-refractivity contribution in [2.24, 2.45) is 4.99 Å². The summed E-state index contributed by atoms with van der Waals surface area (Å²) in [6.07, 6.45) is 1.61. The molecule has 0 bridgehead atoms. The third-order valence-electron chi connectivity index (χ3n) is 4.30. The van der Waals surface area contributed by atoms with Gasteiger partial charge < -0.3 is 9.47 Å². The molecule has 0 unspecified atom stereocenters. The van der Waals surface area contributed by atoms with Gasteiger partial charge in [0.1, 0.15) is 18.2 Å². The van der Waals surface area contributed by atoms with Gasteiger partial charge in [-0.05, 0) is 70.6 Å². The van der Waals surface area contributed by atoms with Gasteiger partial charge in [0.25, 0.3) is 0 Å². The molecule has 0 spiro atoms. The number of hydrogen-bond donors (Lipinski definition) is 0. The number of rotatable bonds is 5. The van der Waals surface area contributed by atoms with Crippen LogP contribution in [0.4, 0.5) is 4.39 Å². The molecule has 30 heavy (non-hydrogen) atoms. The molecule has 4 nitrogen and oxygen atoms in total. The first kappa shape index (κ1) is 20.6. The zero-order valence-corrected chi connectivity index (χ0v) is 18.4. The number of hydrogen-bond acceptors (Lipinski definition) is 4. The quantitative estimate of drug-likeness (QED) is 0.229. The van der Waals surface area contributed by atoms with Crippen molar-refractivity contribution in [3.8, 4) is 5.75 Å². The second-order valence-corrected chi connectivity index (χ2v) is 8.07. The number of cyclic esters (lactones) is 1. The number of nitrogens with zero attached hydrogens (tertiary/aromatic N) is 1. The Labute approximate surface area is 191 Å². The van der Waals surface area contributed by atoms with Gasteiger partial charge in [-0.15, -0.1) is 0 Å². The van der Waals surface area contributed by atoms with Gasteiger partial charge in [0.15, 0.2) is 5.70 Å². The first-order valence-electron chi connectivity index (χ1n) is 8.94. The highest BCUT2D eigenvalue weighted by atomic mass is 127. The summed E-state index contributed by atoms with van der Waals surface area (Å²) in [5.74, 6) is -0.128. The van der Waals surface area contributed by atoms with Crippen LogP contribution in [0.3, 0.4) is 0 Å². The highest BCUT2D eigenvalue weighted by Crippen LogP contribution is 2.28. The molecule has 0 amide bonds. The highest BCUT2D eigenvalue weighted by molar-refractivity contribution is 14.1. The van der Waals surface area contributed by atoms with Crippen molar-refractivity contribution < 1.29 is 18.7 Å². The molecule has 0 radical (unpaired) electrons. The van der Waals surface area contributed by atoms with E-state index in [-0.39, 0.29) is 24.0 Å². The molecule has 3 aromatic rings. The van der Waals surface area contributed by atoms with E-state index in [1.807, 2.05) is 24.3 Å². The Hall–Kier alpha value is -2.71. The van der Waals surface area contributed by atoms with Crippen LogP contribution in [0.1, 0.15) is 16.7 Å². The molecule has 0 aromatic heterocycles. The van der Waals surface area contributed by atoms with Crippen molar-refractivity contribution in [2.75, 3.05) is 0 Å². The molecule has 0 fully saturated rings. The molecule has 0 aliphatic carbocycles. The Morgan fingerprint density at radius 2 is 1.87 bits per heavy atom. The molecule has 0 atom stereocenters. The summed E-state index contributed by atoms with van der Waals surface area (Å²) in [7, 11) is 0. The number of halogens is 3. The summed E-state index contributed by atoms with van der Waals surface area (Å²) < 4.78 is 25.2. The number of ether oxygens (including phenoxy) is 2. The number of benzene rings is 3. The number of aliphatic imine (C=N–C) groups is 1. The average Bonchev–Trinajstić information content (AvgIpc) is 3.10. The summed E-state index contributed by atoms with van der Waals surface area (Å²) >= 11 is 8.38. The van der Waals surface area contributed by atoms with Crippen LogP contribution in [0.5, 0.6) is 5.75 Å². The smallest absolute Gasteiger partial charge is 0.363 e. The Morgan fingerprint density at radius 1 is 1.10 bits per heavy atom. The van der Waals surface area contributed by atoms with Crippen LogP contribution in [0.25, 0.3) is 6.08 Å². The minimum Gasteiger partial charge on any atom is -0.488 e. The molecule has 4 rings (SSSR count). The molecule has 7 heteroatoms. The number of carbonyl (C=O) groups is 1. The van der Waals surface area contributed by atoms with Crippen molar-refractivity contribution in [1.82, 2.24) is 0 Å². The lowest BCUT2D eigenvalue weighted by molar-refractivity contribution is -0.129. The van der Waals surface area contributed by atoms with Gasteiger partial charge in [0.05, 0.1) is 10.6 Å². The summed E-state index contributed by atoms with van der Waals surface area (Å²) in [5.41, 5.74) is 2.21. The minimum absolute atomic E-state index is 0.151. The zero-order chi connectivity index (χ0) is 21.1. The fourth-order valence-electron chi connectivity index (χ4n) is 2.81. The molecular formula is C23H14ClFINO3. The van der Waals surface area contributed by atoms with E-state index in [1.165, 1.54) is 12.1 Å². The maximum Gasteiger partial charge on any atom is 0.363 e. The fraction of sp³-hybridized carbons (Fsp3) is 0.0435. The summed E-state index contributed by atoms with van der Waals surface area (Å²) in [4.78, 5) is 16.7. The Kier molecular flexibility index (Phi) is 6.15. The van der Waals surface area contributed by atoms with Crippen molar-refractivity contribution >= 4 is 52.1 Å². The molecule has 1 aliphatic rings. The molecule has 1 heterocycles. The third kappa shape index (κ3) is 4.71. The topological polar surface area (TPSA) is 47.9 Å². The van der Waals surface area contributed by atoms with Gasteiger partial charge in [-0.25, -0.2) is 14.2 Å². The summed E-state index contributed by atoms with van der Waals surface area (Å²) in [6, 6.07) is 18.7. The van der Waals surface area contributed by atoms with E-state index >= 15 is 0 Å². The highest BCUT2D eigenvalue weighted by Gasteiger charge is 2.26. The number of carbonyl (C=O) groups excluding carboxylic acids is 1. The van der Waals surface area contributed by atoms with E-state index in [9.17, 15) is 9.18 Å². The van der Waals surface area contributed by atoms with E-state index in [4.69, 9.17) is 21.1 Å². The van der Waals surface area contributed by atoms with Gasteiger partial charge in [-0.3, -0.25) is 0 Å². The second kappa shape index (κ2) is 8.97. The van der Waals surface area contributed by atoms with Crippen molar-refractivity contribution in [3.63, 3.8) is 0 Å². The maximum absolute atomic E-state index is 13.1. The molecule has 1 aliphatic heterocycles. The van der Waals surface area contributed by atoms with Crippen LogP contribution >= 0.6 is 34.2 Å². The van der Waals surface area contributed by atoms with Crippen LogP contribution in [0.2, 0.25) is 5.02 Å². The van der Waals surface area contributed by atoms with E-state index in [1.54, 1.807) is 36.4 Å². The molecule has 150 valence electrons. The Morgan fingerprint density at radius 3 is 2.67 bits per heavy atom. The molecular weight excluding hydrogens is 520 g/mol. The predicted octanol–water partition coefficient (Wildman–Crippen LogP) is 6.01. The van der Waals surface area contributed by atoms with Crippen LogP contribution in [-0.2, 0) is 16.1 Å². The third-order valence-corrected chi connectivity index (χ3v) is 5.30. The van der Waals surface area contributed by atoms with Crippen LogP contribution in [-0.4, -0.2) is 11.9 Å². The van der Waals surface area contributed by atoms with Crippen LogP contribution in [0, 0.1) is 9.39 Å². The fourth-order valence-corrected chi connectivity index (χ4v) is 3.50. The van der Waals surface area contributed by atoms with Gasteiger partial charge in [-0.1, -0.05) is 41.9 Å². The molecule has 0 N–H and O–H groups in total. The van der Waals surface area contributed by atoms with Gasteiger partial charge in [-0.2, -0.15) is 0 Å². The SMILES string of the molecule is O=C1OC(c2cc(I)ccc2Cl)=N/C1=C\c1ccccc1OCc1ccc(F)cc1. The average molecular weight is 534 g/mol. The van der Waals surface area contributed by atoms with Crippen LogP contribution in [0.15, 0.2) is 77.4 Å². The standard InChI is InChI=1S/C23H14ClFINO3/c24-19-10-9-17(26)12-18(19)22-27-20(23(28)30-22)11-15-3-1-2-4-21(15)29-13-14-5-7-16(25)8-6-14/h1-12H,13H2/b20-11-. The molecule has 0 saturated heterocycles. The van der Waals surface area contributed by atoms with E-state index in [2.05, 4.69) is 27.6 Å². The lowest BCUT2D eigenvalue weighted by Crippen LogP contribution is -2.06. The summed E-state index contributed by atoms with van der Waals surface area (Å²) in [5, 5.41) is 0.450. The summed E-state index contributed by atoms with van der Waals surface area (Å²) in [6.45, 7) is 0.261. The van der Waals surface area contributed by atoms with Crippen molar-refractivity contribution in [1.29, 1.82) is 0 Å². The largest absolute Gasteiger partial charge is 0.488 e. The second-order valence-electron chi connectivity index (χ2n) is 6.41. The molecule has 3 aromatic carbocycles. The number of para-hydroxylation sites is 1. The Bertz CT molecular complexity index is 1180. The first-order valence-corrected chi connectivity index (χ1v) is 10.4. The number of esters is 1. The van der Waals surface area contributed by atoms with Crippen molar-refractivity contribution in [2.45, 2.75) is 6.61 Å². The lowest BCUT2D eigenvalue weighted by atomic mass is 10.1. The van der Waals surface area contributed by atoms with Gasteiger partial charge in [0, 0.05) is 9.13 Å². The lowest BCUT2D eigenvalue weighted by Gasteiger charge is -2.09. The monoisotopic (exact) mass is 533 g/mol. The maximum atomic E-state index is 13.1. The predicted molar refractivity (Wildman–Crippen MR) is 122 cm³/mol. The Balaban J connectivity index is 1.60.